The van der Waals surface area contributed by atoms with Gasteiger partial charge >= 0.3 is 0 Å². The highest BCUT2D eigenvalue weighted by molar-refractivity contribution is 5.93. The van der Waals surface area contributed by atoms with Crippen molar-refractivity contribution in [3.8, 4) is 5.75 Å². The molecule has 12 nitrogen and oxygen atoms in total. The maximum absolute atomic E-state index is 13.6. The van der Waals surface area contributed by atoms with Crippen LogP contribution in [0, 0.1) is 5.92 Å². The number of benzene rings is 2. The maximum atomic E-state index is 13.6. The molecule has 0 radical (unpaired) electrons. The van der Waals surface area contributed by atoms with E-state index in [2.05, 4.69) is 20.9 Å². The molecule has 9 N–H and O–H groups in total. The fourth-order valence-electron chi connectivity index (χ4n) is 4.36. The van der Waals surface area contributed by atoms with Crippen molar-refractivity contribution < 1.29 is 29.4 Å². The molecular weight excluding hydrogens is 552 g/mol. The first-order chi connectivity index (χ1) is 20.5. The van der Waals surface area contributed by atoms with Crippen molar-refractivity contribution in [3.63, 3.8) is 0 Å². The minimum atomic E-state index is -1.45. The van der Waals surface area contributed by atoms with Crippen molar-refractivity contribution in [1.82, 2.24) is 16.0 Å². The number of aromatic hydroxyl groups is 1. The van der Waals surface area contributed by atoms with E-state index >= 15 is 0 Å². The standard InChI is InChI=1S/C31H44N6O6/c1-3-20(2)27(30(43)35-23(19-38)10-7-17-34-31(32)33)37-28(41)25(16-13-21-8-5-4-6-9-21)36-29(42)26(40)18-22-11-14-24(39)15-12-22/h4-6,8-9,11-12,14-15,19-20,23,25-27,39-40H,3,7,10,13,16-18H2,1-2H3,(H,35,43)(H,36,42)(H,37,41)(H4,32,33,34)/t20-,23+,25+,26-,27-/m1/s1. The monoisotopic (exact) mass is 596 g/mol. The van der Waals surface area contributed by atoms with E-state index in [1.807, 2.05) is 37.3 Å². The average Bonchev–Trinajstić information content (AvgIpc) is 3.00. The lowest BCUT2D eigenvalue weighted by atomic mass is 9.96. The summed E-state index contributed by atoms with van der Waals surface area (Å²) in [5.74, 6) is -2.14. The topological polar surface area (TPSA) is 209 Å². The number of hydrogen-bond acceptors (Lipinski definition) is 7. The highest BCUT2D eigenvalue weighted by Crippen LogP contribution is 2.13. The number of nitrogens with one attached hydrogen (secondary N) is 3. The largest absolute Gasteiger partial charge is 0.508 e. The van der Waals surface area contributed by atoms with Gasteiger partial charge in [0.05, 0.1) is 6.04 Å². The number of phenolic OH excluding ortho intramolecular Hbond substituents is 1. The van der Waals surface area contributed by atoms with Crippen LogP contribution in [-0.4, -0.2) is 71.0 Å². The van der Waals surface area contributed by atoms with Gasteiger partial charge in [0.15, 0.2) is 5.96 Å². The minimum absolute atomic E-state index is 0.0205. The summed E-state index contributed by atoms with van der Waals surface area (Å²) in [6.45, 7) is 3.98. The smallest absolute Gasteiger partial charge is 0.249 e. The Balaban J connectivity index is 2.15. The summed E-state index contributed by atoms with van der Waals surface area (Å²) in [5.41, 5.74) is 12.2. The van der Waals surface area contributed by atoms with Gasteiger partial charge in [-0.25, -0.2) is 0 Å². The van der Waals surface area contributed by atoms with Crippen LogP contribution in [0.3, 0.4) is 0 Å². The summed E-state index contributed by atoms with van der Waals surface area (Å²) >= 11 is 0. The number of aldehydes is 1. The molecule has 234 valence electrons. The molecule has 0 saturated heterocycles. The average molecular weight is 597 g/mol. The van der Waals surface area contributed by atoms with Gasteiger partial charge < -0.3 is 42.4 Å². The first-order valence-electron chi connectivity index (χ1n) is 14.5. The number of nitrogens with zero attached hydrogens (tertiary/aromatic N) is 1. The van der Waals surface area contributed by atoms with Crippen LogP contribution < -0.4 is 27.4 Å². The third-order valence-electron chi connectivity index (χ3n) is 7.12. The number of aliphatic hydroxyl groups excluding tert-OH is 1. The Morgan fingerprint density at radius 2 is 1.58 bits per heavy atom. The van der Waals surface area contributed by atoms with Crippen molar-refractivity contribution >= 4 is 30.0 Å². The summed E-state index contributed by atoms with van der Waals surface area (Å²) in [7, 11) is 0. The summed E-state index contributed by atoms with van der Waals surface area (Å²) in [5, 5.41) is 28.2. The van der Waals surface area contributed by atoms with E-state index in [0.717, 1.165) is 5.56 Å². The Bertz CT molecular complexity index is 1200. The van der Waals surface area contributed by atoms with Crippen LogP contribution in [0.25, 0.3) is 0 Å². The number of aliphatic imine (C=N–C) groups is 1. The molecule has 0 unspecified atom stereocenters. The van der Waals surface area contributed by atoms with E-state index in [4.69, 9.17) is 11.5 Å². The molecule has 12 heteroatoms. The molecular formula is C31H44N6O6. The fourth-order valence-corrected chi connectivity index (χ4v) is 4.36. The van der Waals surface area contributed by atoms with Crippen LogP contribution in [0.4, 0.5) is 0 Å². The maximum Gasteiger partial charge on any atom is 0.249 e. The number of aryl methyl sites for hydroxylation is 1. The molecule has 0 heterocycles. The number of carbonyl (C=O) groups is 4. The number of aliphatic hydroxyl groups is 1. The normalized spacial score (nSPS) is 14.3. The van der Waals surface area contributed by atoms with E-state index in [-0.39, 0.29) is 30.5 Å². The number of rotatable bonds is 18. The number of nitrogens with two attached hydrogens (primary N) is 2. The Kier molecular flexibility index (Phi) is 14.7. The predicted octanol–water partition coefficient (Wildman–Crippen LogP) is 0.681. The lowest BCUT2D eigenvalue weighted by molar-refractivity contribution is -0.136. The third kappa shape index (κ3) is 12.5. The van der Waals surface area contributed by atoms with Crippen molar-refractivity contribution in [1.29, 1.82) is 0 Å². The summed E-state index contributed by atoms with van der Waals surface area (Å²) in [4.78, 5) is 55.3. The van der Waals surface area contributed by atoms with Gasteiger partial charge in [-0.1, -0.05) is 62.7 Å². The van der Waals surface area contributed by atoms with Crippen LogP contribution in [-0.2, 0) is 32.0 Å². The first-order valence-corrected chi connectivity index (χ1v) is 14.5. The Labute approximate surface area is 252 Å². The van der Waals surface area contributed by atoms with Crippen molar-refractivity contribution in [2.45, 2.75) is 76.6 Å². The van der Waals surface area contributed by atoms with E-state index in [0.29, 0.717) is 44.1 Å². The van der Waals surface area contributed by atoms with Crippen molar-refractivity contribution in [2.75, 3.05) is 6.54 Å². The molecule has 2 rings (SSSR count). The second-order valence-electron chi connectivity index (χ2n) is 10.5. The second-order valence-corrected chi connectivity index (χ2v) is 10.5. The highest BCUT2D eigenvalue weighted by Gasteiger charge is 2.31. The number of carbonyl (C=O) groups excluding carboxylic acids is 4. The molecule has 43 heavy (non-hydrogen) atoms. The zero-order chi connectivity index (χ0) is 31.8. The molecule has 2 aromatic carbocycles. The van der Waals surface area contributed by atoms with E-state index < -0.39 is 42.0 Å². The molecule has 0 aromatic heterocycles. The minimum Gasteiger partial charge on any atom is -0.508 e. The quantitative estimate of drug-likeness (QED) is 0.0562. The van der Waals surface area contributed by atoms with Gasteiger partial charge in [-0.2, -0.15) is 0 Å². The lowest BCUT2D eigenvalue weighted by Crippen LogP contribution is -2.58. The molecule has 5 atom stereocenters. The Hall–Kier alpha value is -4.45. The number of guanidine groups is 1. The summed E-state index contributed by atoms with van der Waals surface area (Å²) in [6.07, 6.45) is 1.15. The van der Waals surface area contributed by atoms with Crippen molar-refractivity contribution in [2.24, 2.45) is 22.4 Å². The molecule has 0 aliphatic rings. The Morgan fingerprint density at radius 1 is 0.907 bits per heavy atom. The summed E-state index contributed by atoms with van der Waals surface area (Å²) in [6, 6.07) is 12.7. The van der Waals surface area contributed by atoms with Gasteiger partial charge in [0.25, 0.3) is 0 Å². The number of hydrogen-bond donors (Lipinski definition) is 7. The number of amides is 3. The summed E-state index contributed by atoms with van der Waals surface area (Å²) < 4.78 is 0. The third-order valence-corrected chi connectivity index (χ3v) is 7.12. The molecule has 0 bridgehead atoms. The molecule has 0 aliphatic carbocycles. The molecule has 0 spiro atoms. The first kappa shape index (κ1) is 34.7. The van der Waals surface area contributed by atoms with Gasteiger partial charge in [-0.05, 0) is 54.9 Å². The predicted molar refractivity (Wildman–Crippen MR) is 164 cm³/mol. The fraction of sp³-hybridized carbons (Fsp3) is 0.452. The SMILES string of the molecule is CC[C@@H](C)[C@@H](NC(=O)[C@H](CCc1ccccc1)NC(=O)[C@H](O)Cc1ccc(O)cc1)C(=O)N[C@H](C=O)CCCN=C(N)N. The van der Waals surface area contributed by atoms with Gasteiger partial charge in [0, 0.05) is 13.0 Å². The van der Waals surface area contributed by atoms with Crippen LogP contribution in [0.5, 0.6) is 5.75 Å². The zero-order valence-corrected chi connectivity index (χ0v) is 24.7. The van der Waals surface area contributed by atoms with E-state index in [1.165, 1.54) is 12.1 Å². The van der Waals surface area contributed by atoms with Crippen molar-refractivity contribution in [3.05, 3.63) is 65.7 Å². The van der Waals surface area contributed by atoms with Gasteiger partial charge in [0.1, 0.15) is 30.2 Å². The molecule has 2 aromatic rings. The second kappa shape index (κ2) is 18.2. The van der Waals surface area contributed by atoms with Crippen LogP contribution in [0.15, 0.2) is 59.6 Å². The van der Waals surface area contributed by atoms with Crippen LogP contribution in [0.2, 0.25) is 0 Å². The van der Waals surface area contributed by atoms with Gasteiger partial charge in [-0.15, -0.1) is 0 Å². The molecule has 0 aliphatic heterocycles. The molecule has 3 amide bonds. The number of phenols is 1. The highest BCUT2D eigenvalue weighted by atomic mass is 16.3. The van der Waals surface area contributed by atoms with Crippen LogP contribution in [0.1, 0.15) is 50.7 Å². The lowest BCUT2D eigenvalue weighted by Gasteiger charge is -2.28. The molecule has 0 saturated carbocycles. The van der Waals surface area contributed by atoms with Gasteiger partial charge in [-0.3, -0.25) is 19.4 Å². The van der Waals surface area contributed by atoms with Gasteiger partial charge in [0.2, 0.25) is 17.7 Å². The van der Waals surface area contributed by atoms with E-state index in [1.54, 1.807) is 19.1 Å². The van der Waals surface area contributed by atoms with Crippen LogP contribution >= 0.6 is 0 Å². The van der Waals surface area contributed by atoms with E-state index in [9.17, 15) is 29.4 Å². The molecule has 0 fully saturated rings. The zero-order valence-electron chi connectivity index (χ0n) is 24.7. The Morgan fingerprint density at radius 3 is 2.19 bits per heavy atom.